The highest BCUT2D eigenvalue weighted by atomic mass is 16.2. The summed E-state index contributed by atoms with van der Waals surface area (Å²) in [5.74, 6) is 1.14. The molecule has 2 fully saturated rings. The van der Waals surface area contributed by atoms with Crippen LogP contribution in [0.5, 0.6) is 0 Å². The largest absolute Gasteiger partial charge is 0.356 e. The number of likely N-dealkylation sites (tertiary alicyclic amines) is 1. The molecule has 0 saturated carbocycles. The molecule has 6 rings (SSSR count). The van der Waals surface area contributed by atoms with Crippen molar-refractivity contribution in [2.75, 3.05) is 31.6 Å². The van der Waals surface area contributed by atoms with E-state index in [1.165, 1.54) is 19.9 Å². The molecule has 0 spiro atoms. The van der Waals surface area contributed by atoms with Crippen molar-refractivity contribution in [2.45, 2.75) is 45.1 Å². The Morgan fingerprint density at radius 3 is 2.30 bits per heavy atom. The van der Waals surface area contributed by atoms with E-state index in [4.69, 9.17) is 10.1 Å². The van der Waals surface area contributed by atoms with Gasteiger partial charge in [-0.1, -0.05) is 42.5 Å². The molecule has 1 atom stereocenters. The van der Waals surface area contributed by atoms with Crippen LogP contribution in [0.2, 0.25) is 0 Å². The minimum atomic E-state index is -0.0257. The number of hydrogen-bond donors (Lipinski definition) is 1. The van der Waals surface area contributed by atoms with Gasteiger partial charge in [-0.25, -0.2) is 9.50 Å². The summed E-state index contributed by atoms with van der Waals surface area (Å²) in [5, 5.41) is 4.89. The zero-order valence-corrected chi connectivity index (χ0v) is 21.8. The van der Waals surface area contributed by atoms with Crippen LogP contribution in [0.25, 0.3) is 16.8 Å². The van der Waals surface area contributed by atoms with E-state index in [9.17, 15) is 4.79 Å². The van der Waals surface area contributed by atoms with Gasteiger partial charge in [0.05, 0.1) is 11.7 Å². The van der Waals surface area contributed by atoms with Crippen molar-refractivity contribution < 1.29 is 4.79 Å². The van der Waals surface area contributed by atoms with E-state index in [0.717, 1.165) is 78.3 Å². The Labute approximate surface area is 218 Å². The van der Waals surface area contributed by atoms with E-state index in [1.807, 2.05) is 51.9 Å². The summed E-state index contributed by atoms with van der Waals surface area (Å²) in [5.41, 5.74) is 10.4. The van der Waals surface area contributed by atoms with Crippen molar-refractivity contribution in [3.05, 3.63) is 83.7 Å². The number of nitrogens with two attached hydrogens (primary N) is 1. The lowest BCUT2D eigenvalue weighted by Crippen LogP contribution is -2.38. The Kier molecular flexibility index (Phi) is 7.51. The average molecular weight is 497 g/mol. The van der Waals surface area contributed by atoms with E-state index < -0.39 is 0 Å². The molecule has 2 aromatic carbocycles. The molecule has 2 saturated heterocycles. The summed E-state index contributed by atoms with van der Waals surface area (Å²) >= 11 is 0. The third-order valence-corrected chi connectivity index (χ3v) is 7.37. The van der Waals surface area contributed by atoms with Crippen molar-refractivity contribution in [3.8, 4) is 11.1 Å². The fourth-order valence-electron chi connectivity index (χ4n) is 5.51. The number of anilines is 1. The van der Waals surface area contributed by atoms with Crippen LogP contribution >= 0.6 is 0 Å². The van der Waals surface area contributed by atoms with Gasteiger partial charge in [-0.15, -0.1) is 0 Å². The number of fused-ring (bicyclic) bond motifs is 1. The molecule has 7 heteroatoms. The third kappa shape index (κ3) is 5.09. The number of aromatic nitrogens is 3. The molecule has 0 bridgehead atoms. The van der Waals surface area contributed by atoms with Crippen LogP contribution in [0.4, 0.5) is 5.82 Å². The first-order valence-electron chi connectivity index (χ1n) is 13.3. The number of nitrogens with zero attached hydrogens (tertiary/aromatic N) is 5. The van der Waals surface area contributed by atoms with E-state index in [-0.39, 0.29) is 11.9 Å². The van der Waals surface area contributed by atoms with Gasteiger partial charge in [0.15, 0.2) is 5.65 Å². The molecular formula is C30H36N6O. The van der Waals surface area contributed by atoms with Crippen LogP contribution < -0.4 is 10.6 Å². The van der Waals surface area contributed by atoms with Gasteiger partial charge in [-0.3, -0.25) is 4.79 Å². The van der Waals surface area contributed by atoms with Gasteiger partial charge in [-0.2, -0.15) is 5.10 Å². The highest BCUT2D eigenvalue weighted by molar-refractivity contribution is 5.95. The summed E-state index contributed by atoms with van der Waals surface area (Å²) < 4.78 is 1.89. The molecule has 37 heavy (non-hydrogen) atoms. The number of rotatable bonds is 4. The molecule has 1 amide bonds. The second kappa shape index (κ2) is 11.1. The van der Waals surface area contributed by atoms with Gasteiger partial charge in [0.25, 0.3) is 5.91 Å². The van der Waals surface area contributed by atoms with Gasteiger partial charge in [0.1, 0.15) is 5.82 Å². The summed E-state index contributed by atoms with van der Waals surface area (Å²) in [4.78, 5) is 22.9. The molecule has 192 valence electrons. The Hall–Kier alpha value is -3.71. The molecule has 2 aromatic heterocycles. The highest BCUT2D eigenvalue weighted by Gasteiger charge is 2.31. The second-order valence-corrected chi connectivity index (χ2v) is 9.77. The predicted molar refractivity (Wildman–Crippen MR) is 149 cm³/mol. The Morgan fingerprint density at radius 1 is 0.892 bits per heavy atom. The number of carbonyl (C=O) groups is 1. The normalized spacial score (nSPS) is 17.5. The third-order valence-electron chi connectivity index (χ3n) is 7.37. The lowest BCUT2D eigenvalue weighted by Gasteiger charge is -2.34. The van der Waals surface area contributed by atoms with Crippen molar-refractivity contribution in [2.24, 2.45) is 5.73 Å². The van der Waals surface area contributed by atoms with E-state index in [2.05, 4.69) is 42.0 Å². The molecule has 4 aromatic rings. The van der Waals surface area contributed by atoms with E-state index in [0.29, 0.717) is 0 Å². The number of piperidine rings is 1. The molecule has 7 nitrogen and oxygen atoms in total. The fraction of sp³-hybridized carbons (Fsp3) is 0.367. The molecule has 0 radical (unpaired) electrons. The van der Waals surface area contributed by atoms with Crippen molar-refractivity contribution in [3.63, 3.8) is 0 Å². The van der Waals surface area contributed by atoms with Gasteiger partial charge in [-0.05, 0) is 69.3 Å². The van der Waals surface area contributed by atoms with Crippen molar-refractivity contribution >= 4 is 17.4 Å². The maximum Gasteiger partial charge on any atom is 0.254 e. The van der Waals surface area contributed by atoms with E-state index in [1.54, 1.807) is 0 Å². The lowest BCUT2D eigenvalue weighted by molar-refractivity contribution is 0.0605. The summed E-state index contributed by atoms with van der Waals surface area (Å²) in [6.45, 7) is 5.00. The van der Waals surface area contributed by atoms with Gasteiger partial charge in [0.2, 0.25) is 0 Å². The molecule has 0 unspecified atom stereocenters. The smallest absolute Gasteiger partial charge is 0.254 e. The number of benzene rings is 2. The highest BCUT2D eigenvalue weighted by Crippen LogP contribution is 2.33. The van der Waals surface area contributed by atoms with Gasteiger partial charge >= 0.3 is 0 Å². The zero-order chi connectivity index (χ0) is 25.8. The number of amides is 1. The summed E-state index contributed by atoms with van der Waals surface area (Å²) in [6, 6.07) is 20.3. The number of hydrogen-bond acceptors (Lipinski definition) is 5. The van der Waals surface area contributed by atoms with Crippen LogP contribution in [-0.2, 0) is 0 Å². The minimum absolute atomic E-state index is 0.0257. The van der Waals surface area contributed by atoms with Crippen LogP contribution in [0.1, 0.15) is 59.8 Å². The first-order valence-corrected chi connectivity index (χ1v) is 13.3. The standard InChI is InChI=1S/C29H31N5O.CH5N/c1-21-20-34-27(30-28(21)32-16-7-8-17-32)19-25(31-34)26-11-5-6-18-33(26)29(35)24-14-12-23(13-15-24)22-9-3-2-4-10-22;1-2/h2-4,9-10,12-15,19-20,26H,5-8,11,16-18H2,1H3;2H2,1H3/t26-;/m0./s1. The maximum absolute atomic E-state index is 13.6. The number of aryl methyl sites for hydroxylation is 1. The molecule has 2 aliphatic rings. The van der Waals surface area contributed by atoms with Gasteiger partial charge < -0.3 is 15.5 Å². The Bertz CT molecular complexity index is 1340. The predicted octanol–water partition coefficient (Wildman–Crippen LogP) is 5.25. The average Bonchev–Trinajstić information content (AvgIpc) is 3.64. The first kappa shape index (κ1) is 25.0. The maximum atomic E-state index is 13.6. The molecular weight excluding hydrogens is 460 g/mol. The SMILES string of the molecule is CN.Cc1cn2nc([C@@H]3CCCCN3C(=O)c3ccc(-c4ccccc4)cc3)cc2nc1N1CCCC1. The monoisotopic (exact) mass is 496 g/mol. The zero-order valence-electron chi connectivity index (χ0n) is 21.8. The molecule has 4 heterocycles. The van der Waals surface area contributed by atoms with Crippen LogP contribution in [0, 0.1) is 6.92 Å². The van der Waals surface area contributed by atoms with Crippen molar-refractivity contribution in [1.82, 2.24) is 19.5 Å². The first-order chi connectivity index (χ1) is 18.2. The summed E-state index contributed by atoms with van der Waals surface area (Å²) in [6.07, 6.45) is 7.58. The Balaban J connectivity index is 0.00000137. The van der Waals surface area contributed by atoms with Crippen LogP contribution in [0.3, 0.4) is 0 Å². The molecule has 2 aliphatic heterocycles. The molecule has 2 N–H and O–H groups in total. The molecule has 0 aliphatic carbocycles. The van der Waals surface area contributed by atoms with Gasteiger partial charge in [0, 0.05) is 43.0 Å². The van der Waals surface area contributed by atoms with Crippen LogP contribution in [-0.4, -0.2) is 52.1 Å². The summed E-state index contributed by atoms with van der Waals surface area (Å²) in [7, 11) is 1.50. The Morgan fingerprint density at radius 2 is 1.57 bits per heavy atom. The topological polar surface area (TPSA) is 79.8 Å². The number of carbonyl (C=O) groups excluding carboxylic acids is 1. The van der Waals surface area contributed by atoms with E-state index >= 15 is 0 Å². The van der Waals surface area contributed by atoms with Crippen molar-refractivity contribution in [1.29, 1.82) is 0 Å². The second-order valence-electron chi connectivity index (χ2n) is 9.77. The lowest BCUT2D eigenvalue weighted by atomic mass is 9.97. The quantitative estimate of drug-likeness (QED) is 0.418. The fourth-order valence-corrected chi connectivity index (χ4v) is 5.51. The van der Waals surface area contributed by atoms with Crippen LogP contribution in [0.15, 0.2) is 66.9 Å². The minimum Gasteiger partial charge on any atom is -0.356 e.